The van der Waals surface area contributed by atoms with E-state index in [1.807, 2.05) is 31.2 Å². The Morgan fingerprint density at radius 3 is 2.58 bits per heavy atom. The summed E-state index contributed by atoms with van der Waals surface area (Å²) >= 11 is 9.39. The number of rotatable bonds is 7. The summed E-state index contributed by atoms with van der Waals surface area (Å²) in [4.78, 5) is 24.4. The van der Waals surface area contributed by atoms with Crippen LogP contribution in [0.3, 0.4) is 0 Å². The molecule has 0 unspecified atom stereocenters. The Morgan fingerprint density at radius 1 is 1.10 bits per heavy atom. The molecule has 3 aromatic carbocycles. The Balaban J connectivity index is 1.62. The van der Waals surface area contributed by atoms with Gasteiger partial charge >= 0.3 is 0 Å². The van der Waals surface area contributed by atoms with E-state index in [9.17, 15) is 9.59 Å². The average molecular weight is 501 g/mol. The van der Waals surface area contributed by atoms with E-state index in [-0.39, 0.29) is 18.4 Å². The molecular formula is C23H19BrClN3O3. The third kappa shape index (κ3) is 6.67. The number of halogens is 2. The number of hydrogen-bond acceptors (Lipinski definition) is 4. The van der Waals surface area contributed by atoms with Crippen molar-refractivity contribution in [1.29, 1.82) is 0 Å². The minimum Gasteiger partial charge on any atom is -0.483 e. The molecule has 0 aromatic heterocycles. The number of amides is 2. The molecule has 0 bridgehead atoms. The smallest absolute Gasteiger partial charge is 0.271 e. The van der Waals surface area contributed by atoms with Crippen LogP contribution in [0.25, 0.3) is 0 Å². The zero-order valence-electron chi connectivity index (χ0n) is 16.6. The molecule has 2 amide bonds. The molecule has 31 heavy (non-hydrogen) atoms. The molecule has 0 aliphatic carbocycles. The molecule has 0 saturated carbocycles. The zero-order valence-corrected chi connectivity index (χ0v) is 18.9. The number of carbonyl (C=O) groups is 2. The van der Waals surface area contributed by atoms with E-state index < -0.39 is 0 Å². The molecular weight excluding hydrogens is 482 g/mol. The summed E-state index contributed by atoms with van der Waals surface area (Å²) in [5.41, 5.74) is 5.13. The van der Waals surface area contributed by atoms with Gasteiger partial charge in [-0.3, -0.25) is 9.59 Å². The Hall–Kier alpha value is -3.16. The van der Waals surface area contributed by atoms with Crippen molar-refractivity contribution in [3.63, 3.8) is 0 Å². The third-order valence-electron chi connectivity index (χ3n) is 4.23. The number of hydrazone groups is 1. The fourth-order valence-electron chi connectivity index (χ4n) is 2.62. The van der Waals surface area contributed by atoms with E-state index in [1.54, 1.807) is 42.5 Å². The number of hydrogen-bond donors (Lipinski definition) is 2. The maximum atomic E-state index is 12.2. The van der Waals surface area contributed by atoms with E-state index in [0.29, 0.717) is 21.9 Å². The summed E-state index contributed by atoms with van der Waals surface area (Å²) in [7, 11) is 0. The van der Waals surface area contributed by atoms with Crippen LogP contribution in [0.1, 0.15) is 21.5 Å². The number of aryl methyl sites for hydroxylation is 1. The van der Waals surface area contributed by atoms with Gasteiger partial charge in [0.1, 0.15) is 5.75 Å². The van der Waals surface area contributed by atoms with Crippen molar-refractivity contribution in [2.45, 2.75) is 6.92 Å². The van der Waals surface area contributed by atoms with E-state index >= 15 is 0 Å². The Morgan fingerprint density at radius 2 is 1.84 bits per heavy atom. The summed E-state index contributed by atoms with van der Waals surface area (Å²) in [5.74, 6) is -0.243. The van der Waals surface area contributed by atoms with Crippen LogP contribution in [-0.2, 0) is 4.79 Å². The lowest BCUT2D eigenvalue weighted by molar-refractivity contribution is -0.118. The second-order valence-electron chi connectivity index (χ2n) is 6.54. The first-order valence-electron chi connectivity index (χ1n) is 9.29. The number of nitrogens with zero attached hydrogens (tertiary/aromatic N) is 1. The van der Waals surface area contributed by atoms with E-state index in [1.165, 1.54) is 6.21 Å². The normalized spacial score (nSPS) is 10.7. The quantitative estimate of drug-likeness (QED) is 0.346. The summed E-state index contributed by atoms with van der Waals surface area (Å²) in [5, 5.41) is 7.25. The fraction of sp³-hybridized carbons (Fsp3) is 0.0870. The molecule has 0 heterocycles. The molecule has 158 valence electrons. The number of ether oxygens (including phenoxy) is 1. The number of anilines is 1. The van der Waals surface area contributed by atoms with Crippen molar-refractivity contribution >= 4 is 51.2 Å². The minimum absolute atomic E-state index is 0.192. The van der Waals surface area contributed by atoms with Crippen LogP contribution in [0.5, 0.6) is 5.75 Å². The van der Waals surface area contributed by atoms with Crippen molar-refractivity contribution in [3.8, 4) is 5.75 Å². The van der Waals surface area contributed by atoms with E-state index in [2.05, 4.69) is 31.8 Å². The number of nitrogens with one attached hydrogen (secondary N) is 2. The highest BCUT2D eigenvalue weighted by Gasteiger charge is 2.09. The van der Waals surface area contributed by atoms with Crippen molar-refractivity contribution in [2.24, 2.45) is 5.10 Å². The van der Waals surface area contributed by atoms with Gasteiger partial charge in [0.15, 0.2) is 6.61 Å². The summed E-state index contributed by atoms with van der Waals surface area (Å²) in [6.45, 7) is 1.72. The van der Waals surface area contributed by atoms with Crippen LogP contribution in [0.15, 0.2) is 76.3 Å². The first kappa shape index (κ1) is 22.5. The summed E-state index contributed by atoms with van der Waals surface area (Å²) < 4.78 is 6.52. The van der Waals surface area contributed by atoms with Gasteiger partial charge in [-0.2, -0.15) is 5.10 Å². The van der Waals surface area contributed by atoms with Gasteiger partial charge in [-0.15, -0.1) is 0 Å². The van der Waals surface area contributed by atoms with Crippen LogP contribution in [0, 0.1) is 6.92 Å². The molecule has 0 aliphatic rings. The van der Waals surface area contributed by atoms with Gasteiger partial charge in [0.25, 0.3) is 11.8 Å². The molecule has 0 atom stereocenters. The van der Waals surface area contributed by atoms with Gasteiger partial charge in [-0.1, -0.05) is 45.7 Å². The maximum Gasteiger partial charge on any atom is 0.271 e. The van der Waals surface area contributed by atoms with Gasteiger partial charge in [-0.05, 0) is 61.0 Å². The molecule has 3 rings (SSSR count). The Bertz CT molecular complexity index is 1120. The second-order valence-corrected chi connectivity index (χ2v) is 7.89. The van der Waals surface area contributed by atoms with Gasteiger partial charge in [0.05, 0.1) is 6.21 Å². The van der Waals surface area contributed by atoms with Crippen LogP contribution < -0.4 is 15.5 Å². The molecule has 0 fully saturated rings. The third-order valence-corrected chi connectivity index (χ3v) is 4.99. The molecule has 0 aliphatic heterocycles. The molecule has 0 radical (unpaired) electrons. The first-order valence-corrected chi connectivity index (χ1v) is 10.5. The Labute approximate surface area is 193 Å². The molecule has 8 heteroatoms. The lowest BCUT2D eigenvalue weighted by atomic mass is 10.2. The van der Waals surface area contributed by atoms with Gasteiger partial charge in [0.2, 0.25) is 0 Å². The molecule has 2 N–H and O–H groups in total. The average Bonchev–Trinajstić information content (AvgIpc) is 2.75. The van der Waals surface area contributed by atoms with Crippen LogP contribution in [-0.4, -0.2) is 24.6 Å². The van der Waals surface area contributed by atoms with Crippen LogP contribution in [0.2, 0.25) is 5.02 Å². The lowest BCUT2D eigenvalue weighted by Crippen LogP contribution is -2.21. The molecule has 6 nitrogen and oxygen atoms in total. The predicted molar refractivity (Wildman–Crippen MR) is 126 cm³/mol. The minimum atomic E-state index is -0.356. The van der Waals surface area contributed by atoms with E-state index in [0.717, 1.165) is 15.7 Å². The van der Waals surface area contributed by atoms with Crippen LogP contribution in [0.4, 0.5) is 5.69 Å². The monoisotopic (exact) mass is 499 g/mol. The van der Waals surface area contributed by atoms with Gasteiger partial charge < -0.3 is 10.1 Å². The van der Waals surface area contributed by atoms with Gasteiger partial charge in [0, 0.05) is 26.3 Å². The zero-order chi connectivity index (χ0) is 22.2. The lowest BCUT2D eigenvalue weighted by Gasteiger charge is -2.11. The fourth-order valence-corrected chi connectivity index (χ4v) is 3.07. The standard InChI is InChI=1S/C23H19BrClN3O3/c1-15-4-2-3-5-20(15)27-22(29)14-31-21-11-10-19(25)12-17(21)13-26-28-23(30)16-6-8-18(24)9-7-16/h2-13H,14H2,1H3,(H,27,29)(H,28,30)/b26-13+. The summed E-state index contributed by atoms with van der Waals surface area (Å²) in [6, 6.07) is 19.3. The van der Waals surface area contributed by atoms with Crippen molar-refractivity contribution in [1.82, 2.24) is 5.43 Å². The number of carbonyl (C=O) groups excluding carboxylic acids is 2. The van der Waals surface area contributed by atoms with Crippen LogP contribution >= 0.6 is 27.5 Å². The highest BCUT2D eigenvalue weighted by Crippen LogP contribution is 2.22. The maximum absolute atomic E-state index is 12.2. The molecule has 3 aromatic rings. The summed E-state index contributed by atoms with van der Waals surface area (Å²) in [6.07, 6.45) is 1.41. The van der Waals surface area contributed by atoms with Crippen molar-refractivity contribution in [3.05, 3.63) is 92.9 Å². The van der Waals surface area contributed by atoms with Gasteiger partial charge in [-0.25, -0.2) is 5.43 Å². The highest BCUT2D eigenvalue weighted by atomic mass is 79.9. The van der Waals surface area contributed by atoms with E-state index in [4.69, 9.17) is 16.3 Å². The number of benzene rings is 3. The Kier molecular flexibility index (Phi) is 7.81. The predicted octanol–water partition coefficient (Wildman–Crippen LogP) is 5.19. The number of para-hydroxylation sites is 1. The second kappa shape index (κ2) is 10.7. The highest BCUT2D eigenvalue weighted by molar-refractivity contribution is 9.10. The van der Waals surface area contributed by atoms with Crippen molar-refractivity contribution < 1.29 is 14.3 Å². The SMILES string of the molecule is Cc1ccccc1NC(=O)COc1ccc(Cl)cc1/C=N/NC(=O)c1ccc(Br)cc1. The largest absolute Gasteiger partial charge is 0.483 e. The van der Waals surface area contributed by atoms with Crippen molar-refractivity contribution in [2.75, 3.05) is 11.9 Å². The first-order chi connectivity index (χ1) is 14.9. The topological polar surface area (TPSA) is 79.8 Å². The molecule has 0 saturated heterocycles. The molecule has 0 spiro atoms.